The first kappa shape index (κ1) is 22.5. The van der Waals surface area contributed by atoms with Crippen molar-refractivity contribution in [3.05, 3.63) is 63.7 Å². The van der Waals surface area contributed by atoms with E-state index in [0.717, 1.165) is 31.5 Å². The first-order valence-electron chi connectivity index (χ1n) is 11.1. The van der Waals surface area contributed by atoms with Crippen molar-refractivity contribution in [1.82, 2.24) is 4.57 Å². The van der Waals surface area contributed by atoms with Crippen LogP contribution in [0.2, 0.25) is 0 Å². The number of nitrogens with zero attached hydrogens (tertiary/aromatic N) is 2. The molecule has 0 saturated carbocycles. The number of rotatable bonds is 4. The molecule has 0 amide bonds. The van der Waals surface area contributed by atoms with Gasteiger partial charge in [-0.2, -0.15) is 0 Å². The Morgan fingerprint density at radius 1 is 1.12 bits per heavy atom. The number of aryl methyl sites for hydroxylation is 3. The number of anilines is 1. The zero-order valence-electron chi connectivity index (χ0n) is 19.0. The first-order valence-corrected chi connectivity index (χ1v) is 12.6. The van der Waals surface area contributed by atoms with Crippen LogP contribution in [0.1, 0.15) is 37.8 Å². The van der Waals surface area contributed by atoms with Gasteiger partial charge in [0.05, 0.1) is 21.5 Å². The maximum atomic E-state index is 15.2. The van der Waals surface area contributed by atoms with Crippen molar-refractivity contribution in [2.24, 2.45) is 5.92 Å². The lowest BCUT2D eigenvalue weighted by Gasteiger charge is -2.33. The van der Waals surface area contributed by atoms with E-state index >= 15 is 4.39 Å². The molecular weight excluding hydrogens is 427 g/mol. The zero-order chi connectivity index (χ0) is 23.2. The van der Waals surface area contributed by atoms with E-state index in [-0.39, 0.29) is 15.2 Å². The van der Waals surface area contributed by atoms with Crippen molar-refractivity contribution >= 4 is 26.4 Å². The number of pyridine rings is 1. The van der Waals surface area contributed by atoms with E-state index in [4.69, 9.17) is 0 Å². The fraction of sp³-hybridized carbons (Fsp3) is 0.400. The van der Waals surface area contributed by atoms with Crippen LogP contribution in [0.3, 0.4) is 0 Å². The van der Waals surface area contributed by atoms with E-state index < -0.39 is 21.1 Å². The zero-order valence-corrected chi connectivity index (χ0v) is 19.8. The van der Waals surface area contributed by atoms with Crippen molar-refractivity contribution in [3.8, 4) is 0 Å². The highest BCUT2D eigenvalue weighted by Gasteiger charge is 2.27. The van der Waals surface area contributed by atoms with Crippen molar-refractivity contribution < 1.29 is 12.8 Å². The molecule has 7 heteroatoms. The highest BCUT2D eigenvalue weighted by atomic mass is 32.2. The van der Waals surface area contributed by atoms with Gasteiger partial charge >= 0.3 is 0 Å². The summed E-state index contributed by atoms with van der Waals surface area (Å²) in [6.45, 7) is 9.60. The van der Waals surface area contributed by atoms with Crippen molar-refractivity contribution in [3.63, 3.8) is 0 Å². The molecule has 2 aromatic carbocycles. The standard InChI is InChI=1S/C25H29FN2O3S/c1-5-27-15-24(32(30,31)23-9-8-16(2)11-18(23)4)25(29)19-12-20(26)22(13-21(19)27)28-10-6-7-17(3)14-28/h8-9,11-13,15,17H,5-7,10,14H2,1-4H3/t17-/m1/s1. The van der Waals surface area contributed by atoms with Crippen LogP contribution in [0.15, 0.2) is 51.1 Å². The number of piperidine rings is 1. The van der Waals surface area contributed by atoms with Crippen molar-refractivity contribution in [2.45, 2.75) is 56.9 Å². The van der Waals surface area contributed by atoms with Gasteiger partial charge in [0.15, 0.2) is 0 Å². The maximum absolute atomic E-state index is 15.2. The Morgan fingerprint density at radius 3 is 2.53 bits per heavy atom. The molecule has 1 aliphatic rings. The van der Waals surface area contributed by atoms with Crippen LogP contribution in [-0.4, -0.2) is 26.1 Å². The van der Waals surface area contributed by atoms with Crippen LogP contribution in [0.4, 0.5) is 10.1 Å². The molecule has 5 nitrogen and oxygen atoms in total. The number of sulfone groups is 1. The third-order valence-electron chi connectivity index (χ3n) is 6.36. The average molecular weight is 457 g/mol. The van der Waals surface area contributed by atoms with Crippen molar-refractivity contribution in [1.29, 1.82) is 0 Å². The lowest BCUT2D eigenvalue weighted by Crippen LogP contribution is -2.35. The molecule has 1 aliphatic heterocycles. The summed E-state index contributed by atoms with van der Waals surface area (Å²) in [7, 11) is -4.06. The molecule has 0 N–H and O–H groups in total. The normalized spacial score (nSPS) is 17.2. The minimum Gasteiger partial charge on any atom is -0.369 e. The largest absolute Gasteiger partial charge is 0.369 e. The summed E-state index contributed by atoms with van der Waals surface area (Å²) < 4.78 is 43.7. The Kier molecular flexibility index (Phi) is 5.88. The number of hydrogen-bond donors (Lipinski definition) is 0. The molecule has 0 bridgehead atoms. The summed E-state index contributed by atoms with van der Waals surface area (Å²) >= 11 is 0. The Morgan fingerprint density at radius 2 is 1.88 bits per heavy atom. The van der Waals surface area contributed by atoms with Crippen LogP contribution in [0.5, 0.6) is 0 Å². The molecule has 1 fully saturated rings. The van der Waals surface area contributed by atoms with Crippen LogP contribution in [-0.2, 0) is 16.4 Å². The molecular formula is C25H29FN2O3S. The SMILES string of the molecule is CCn1cc(S(=O)(=O)c2ccc(C)cc2C)c(=O)c2cc(F)c(N3CCC[C@@H](C)C3)cc21. The first-order chi connectivity index (χ1) is 15.1. The second kappa shape index (κ2) is 8.35. The fourth-order valence-electron chi connectivity index (χ4n) is 4.70. The number of hydrogen-bond acceptors (Lipinski definition) is 4. The Labute approximate surface area is 188 Å². The minimum atomic E-state index is -4.06. The second-order valence-electron chi connectivity index (χ2n) is 8.90. The number of halogens is 1. The van der Waals surface area contributed by atoms with E-state index in [1.54, 1.807) is 29.7 Å². The molecule has 0 aliphatic carbocycles. The van der Waals surface area contributed by atoms with Gasteiger partial charge in [0.25, 0.3) is 0 Å². The van der Waals surface area contributed by atoms with Gasteiger partial charge in [0.2, 0.25) is 15.3 Å². The number of fused-ring (bicyclic) bond motifs is 1. The molecule has 170 valence electrons. The fourth-order valence-corrected chi connectivity index (χ4v) is 6.28. The quantitative estimate of drug-likeness (QED) is 0.563. The predicted octanol–water partition coefficient (Wildman–Crippen LogP) is 4.85. The van der Waals surface area contributed by atoms with Gasteiger partial charge in [-0.1, -0.05) is 24.6 Å². The molecule has 3 aromatic rings. The summed E-state index contributed by atoms with van der Waals surface area (Å²) in [5.74, 6) is -0.0232. The predicted molar refractivity (Wildman–Crippen MR) is 126 cm³/mol. The van der Waals surface area contributed by atoms with E-state index in [9.17, 15) is 13.2 Å². The Bertz CT molecular complexity index is 1360. The molecule has 0 radical (unpaired) electrons. The van der Waals surface area contributed by atoms with Gasteiger partial charge in [-0.15, -0.1) is 0 Å². The van der Waals surface area contributed by atoms with Gasteiger partial charge in [0, 0.05) is 25.8 Å². The van der Waals surface area contributed by atoms with E-state index in [1.165, 1.54) is 18.3 Å². The van der Waals surface area contributed by atoms with Crippen LogP contribution in [0, 0.1) is 25.6 Å². The maximum Gasteiger partial charge on any atom is 0.212 e. The third-order valence-corrected chi connectivity index (χ3v) is 8.27. The molecule has 1 saturated heterocycles. The van der Waals surface area contributed by atoms with Crippen molar-refractivity contribution in [2.75, 3.05) is 18.0 Å². The molecule has 1 aromatic heterocycles. The Balaban J connectivity index is 1.93. The summed E-state index contributed by atoms with van der Waals surface area (Å²) in [5.41, 5.74) is 1.87. The average Bonchev–Trinajstić information content (AvgIpc) is 2.73. The summed E-state index contributed by atoms with van der Waals surface area (Å²) in [6, 6.07) is 7.92. The molecule has 32 heavy (non-hydrogen) atoms. The third kappa shape index (κ3) is 3.83. The van der Waals surface area contributed by atoms with Crippen LogP contribution in [0.25, 0.3) is 10.9 Å². The van der Waals surface area contributed by atoms with Crippen LogP contribution >= 0.6 is 0 Å². The number of aromatic nitrogens is 1. The summed E-state index contributed by atoms with van der Waals surface area (Å²) in [5, 5.41) is 0.0870. The highest BCUT2D eigenvalue weighted by Crippen LogP contribution is 2.30. The van der Waals surface area contributed by atoms with E-state index in [0.29, 0.717) is 29.2 Å². The topological polar surface area (TPSA) is 59.4 Å². The van der Waals surface area contributed by atoms with Gasteiger partial charge in [0.1, 0.15) is 10.7 Å². The molecule has 2 heterocycles. The Hall–Kier alpha value is -2.67. The smallest absolute Gasteiger partial charge is 0.212 e. The molecule has 0 unspecified atom stereocenters. The lowest BCUT2D eigenvalue weighted by molar-refractivity contribution is 0.442. The monoisotopic (exact) mass is 456 g/mol. The van der Waals surface area contributed by atoms with Crippen LogP contribution < -0.4 is 10.3 Å². The number of benzene rings is 2. The second-order valence-corrected chi connectivity index (χ2v) is 10.8. The van der Waals surface area contributed by atoms with Gasteiger partial charge in [-0.05, 0) is 63.3 Å². The summed E-state index contributed by atoms with van der Waals surface area (Å²) in [6.07, 6.45) is 3.51. The van der Waals surface area contributed by atoms with Gasteiger partial charge in [-0.3, -0.25) is 4.79 Å². The minimum absolute atomic E-state index is 0.0870. The molecule has 0 spiro atoms. The highest BCUT2D eigenvalue weighted by molar-refractivity contribution is 7.91. The van der Waals surface area contributed by atoms with Gasteiger partial charge < -0.3 is 9.47 Å². The van der Waals surface area contributed by atoms with Gasteiger partial charge in [-0.25, -0.2) is 12.8 Å². The molecule has 1 atom stereocenters. The molecule has 4 rings (SSSR count). The van der Waals surface area contributed by atoms with E-state index in [1.807, 2.05) is 18.7 Å². The lowest BCUT2D eigenvalue weighted by atomic mass is 9.99. The van der Waals surface area contributed by atoms with E-state index in [2.05, 4.69) is 6.92 Å². The summed E-state index contributed by atoms with van der Waals surface area (Å²) in [4.78, 5) is 15.1.